The molecule has 2 aliphatic rings. The predicted octanol–water partition coefficient (Wildman–Crippen LogP) is 1.51. The first kappa shape index (κ1) is 11.3. The van der Waals surface area contributed by atoms with Gasteiger partial charge in [0.1, 0.15) is 11.5 Å². The standard InChI is InChI=1S/C12H13NO5/c14-7-1-2-11-9(5-7)10(6-13(15)16)8-3-4-17-12(8)18-11/h1-2,5,8,10,12,14H,3-4,6H2/t8-,10+,12+/m1/s1. The van der Waals surface area contributed by atoms with Crippen molar-refractivity contribution >= 4 is 0 Å². The topological polar surface area (TPSA) is 81.8 Å². The molecule has 2 heterocycles. The molecular formula is C12H13NO5. The zero-order chi connectivity index (χ0) is 12.7. The lowest BCUT2D eigenvalue weighted by atomic mass is 9.82. The highest BCUT2D eigenvalue weighted by atomic mass is 16.7. The lowest BCUT2D eigenvalue weighted by molar-refractivity contribution is -0.485. The molecule has 0 saturated carbocycles. The summed E-state index contributed by atoms with van der Waals surface area (Å²) >= 11 is 0. The Kier molecular flexibility index (Phi) is 2.59. The molecule has 18 heavy (non-hydrogen) atoms. The highest BCUT2D eigenvalue weighted by Crippen LogP contribution is 2.45. The van der Waals surface area contributed by atoms with Gasteiger partial charge in [0.25, 0.3) is 0 Å². The van der Waals surface area contributed by atoms with E-state index in [4.69, 9.17) is 9.47 Å². The smallest absolute Gasteiger partial charge is 0.211 e. The Morgan fingerprint density at radius 2 is 2.33 bits per heavy atom. The lowest BCUT2D eigenvalue weighted by Crippen LogP contribution is -2.35. The molecule has 1 fully saturated rings. The Bertz CT molecular complexity index is 489. The SMILES string of the molecule is O=[N+]([O-])C[C@@H]1c2cc(O)ccc2O[C@@H]2OCC[C@@H]21. The number of fused-ring (bicyclic) bond motifs is 2. The summed E-state index contributed by atoms with van der Waals surface area (Å²) in [6.45, 7) is 0.397. The van der Waals surface area contributed by atoms with Crippen LogP contribution in [0.3, 0.4) is 0 Å². The van der Waals surface area contributed by atoms with Crippen molar-refractivity contribution in [2.75, 3.05) is 13.2 Å². The molecule has 0 unspecified atom stereocenters. The van der Waals surface area contributed by atoms with Gasteiger partial charge in [0.15, 0.2) is 0 Å². The van der Waals surface area contributed by atoms with E-state index < -0.39 is 6.29 Å². The Morgan fingerprint density at radius 3 is 3.11 bits per heavy atom. The summed E-state index contributed by atoms with van der Waals surface area (Å²) in [5.74, 6) is 0.402. The molecule has 0 aliphatic carbocycles. The number of hydrogen-bond acceptors (Lipinski definition) is 5. The van der Waals surface area contributed by atoms with Gasteiger partial charge in [0.2, 0.25) is 12.8 Å². The third-order valence-corrected chi connectivity index (χ3v) is 3.58. The van der Waals surface area contributed by atoms with Crippen LogP contribution in [0.2, 0.25) is 0 Å². The second-order valence-corrected chi connectivity index (χ2v) is 4.65. The molecule has 6 nitrogen and oxygen atoms in total. The highest BCUT2D eigenvalue weighted by molar-refractivity contribution is 5.44. The molecule has 1 aromatic carbocycles. The summed E-state index contributed by atoms with van der Waals surface area (Å²) in [6.07, 6.45) is 0.352. The van der Waals surface area contributed by atoms with Crippen molar-refractivity contribution in [1.29, 1.82) is 0 Å². The maximum atomic E-state index is 10.8. The molecule has 0 aromatic heterocycles. The van der Waals surface area contributed by atoms with Crippen molar-refractivity contribution < 1.29 is 19.5 Å². The number of hydrogen-bond donors (Lipinski definition) is 1. The van der Waals surface area contributed by atoms with E-state index in [1.54, 1.807) is 12.1 Å². The van der Waals surface area contributed by atoms with Crippen LogP contribution in [0.5, 0.6) is 11.5 Å². The van der Waals surface area contributed by atoms with E-state index in [0.717, 1.165) is 6.42 Å². The number of phenolic OH excluding ortho intramolecular Hbond substituents is 1. The first-order chi connectivity index (χ1) is 8.65. The molecule has 2 aliphatic heterocycles. The average Bonchev–Trinajstić information content (AvgIpc) is 2.77. The fourth-order valence-corrected chi connectivity index (χ4v) is 2.78. The minimum atomic E-state index is -0.396. The molecule has 0 bridgehead atoms. The maximum Gasteiger partial charge on any atom is 0.211 e. The van der Waals surface area contributed by atoms with E-state index in [-0.39, 0.29) is 29.1 Å². The fourth-order valence-electron chi connectivity index (χ4n) is 2.78. The molecular weight excluding hydrogens is 238 g/mol. The molecule has 3 atom stereocenters. The van der Waals surface area contributed by atoms with Crippen LogP contribution in [0, 0.1) is 16.0 Å². The zero-order valence-electron chi connectivity index (χ0n) is 9.61. The normalized spacial score (nSPS) is 29.2. The van der Waals surface area contributed by atoms with E-state index >= 15 is 0 Å². The van der Waals surface area contributed by atoms with E-state index in [1.165, 1.54) is 6.07 Å². The van der Waals surface area contributed by atoms with Crippen molar-refractivity contribution in [3.8, 4) is 11.5 Å². The minimum absolute atomic E-state index is 0.00954. The molecule has 0 amide bonds. The van der Waals surface area contributed by atoms with Crippen LogP contribution >= 0.6 is 0 Å². The molecule has 0 radical (unpaired) electrons. The molecule has 1 saturated heterocycles. The third-order valence-electron chi connectivity index (χ3n) is 3.58. The van der Waals surface area contributed by atoms with Crippen LogP contribution in [-0.2, 0) is 4.74 Å². The van der Waals surface area contributed by atoms with Gasteiger partial charge in [-0.1, -0.05) is 0 Å². The molecule has 0 spiro atoms. The van der Waals surface area contributed by atoms with Gasteiger partial charge in [0.05, 0.1) is 12.5 Å². The average molecular weight is 251 g/mol. The van der Waals surface area contributed by atoms with Crippen molar-refractivity contribution in [2.24, 2.45) is 5.92 Å². The summed E-state index contributed by atoms with van der Waals surface area (Å²) in [4.78, 5) is 10.5. The fraction of sp³-hybridized carbons (Fsp3) is 0.500. The second-order valence-electron chi connectivity index (χ2n) is 4.65. The summed E-state index contributed by atoms with van der Waals surface area (Å²) in [5, 5.41) is 20.3. The number of nitrogens with zero attached hydrogens (tertiary/aromatic N) is 1. The number of phenols is 1. The Hall–Kier alpha value is -1.82. The highest BCUT2D eigenvalue weighted by Gasteiger charge is 2.44. The molecule has 1 N–H and O–H groups in total. The van der Waals surface area contributed by atoms with Gasteiger partial charge in [-0.3, -0.25) is 10.1 Å². The summed E-state index contributed by atoms with van der Waals surface area (Å²) in [7, 11) is 0. The maximum absolute atomic E-state index is 10.8. The van der Waals surface area contributed by atoms with Crippen LogP contribution in [0.15, 0.2) is 18.2 Å². The molecule has 6 heteroatoms. The van der Waals surface area contributed by atoms with Gasteiger partial charge >= 0.3 is 0 Å². The predicted molar refractivity (Wildman–Crippen MR) is 61.2 cm³/mol. The molecule has 1 aromatic rings. The van der Waals surface area contributed by atoms with Gasteiger partial charge in [-0.2, -0.15) is 0 Å². The van der Waals surface area contributed by atoms with Gasteiger partial charge in [-0.15, -0.1) is 0 Å². The van der Waals surface area contributed by atoms with Gasteiger partial charge in [0, 0.05) is 16.4 Å². The van der Waals surface area contributed by atoms with E-state index in [9.17, 15) is 15.2 Å². The van der Waals surface area contributed by atoms with Crippen LogP contribution in [-0.4, -0.2) is 29.5 Å². The Morgan fingerprint density at radius 1 is 1.50 bits per heavy atom. The van der Waals surface area contributed by atoms with Crippen LogP contribution in [0.1, 0.15) is 17.9 Å². The third kappa shape index (κ3) is 1.78. The number of benzene rings is 1. The summed E-state index contributed by atoms with van der Waals surface area (Å²) in [6, 6.07) is 4.70. The quantitative estimate of drug-likeness (QED) is 0.636. The van der Waals surface area contributed by atoms with Crippen LogP contribution in [0.4, 0.5) is 0 Å². The summed E-state index contributed by atoms with van der Waals surface area (Å²) < 4.78 is 11.1. The van der Waals surface area contributed by atoms with Crippen LogP contribution < -0.4 is 4.74 Å². The van der Waals surface area contributed by atoms with Crippen molar-refractivity contribution in [3.63, 3.8) is 0 Å². The van der Waals surface area contributed by atoms with E-state index in [2.05, 4.69) is 0 Å². The number of rotatable bonds is 2. The first-order valence-corrected chi connectivity index (χ1v) is 5.88. The minimum Gasteiger partial charge on any atom is -0.508 e. The van der Waals surface area contributed by atoms with E-state index in [1.807, 2.05) is 0 Å². The van der Waals surface area contributed by atoms with Gasteiger partial charge in [-0.05, 0) is 24.6 Å². The van der Waals surface area contributed by atoms with Crippen molar-refractivity contribution in [1.82, 2.24) is 0 Å². The Balaban J connectivity index is 2.02. The number of ether oxygens (including phenoxy) is 2. The van der Waals surface area contributed by atoms with Crippen LogP contribution in [0.25, 0.3) is 0 Å². The zero-order valence-corrected chi connectivity index (χ0v) is 9.61. The first-order valence-electron chi connectivity index (χ1n) is 5.88. The van der Waals surface area contributed by atoms with E-state index in [0.29, 0.717) is 17.9 Å². The van der Waals surface area contributed by atoms with Crippen molar-refractivity contribution in [3.05, 3.63) is 33.9 Å². The number of aromatic hydroxyl groups is 1. The van der Waals surface area contributed by atoms with Crippen molar-refractivity contribution in [2.45, 2.75) is 18.6 Å². The largest absolute Gasteiger partial charge is 0.508 e. The van der Waals surface area contributed by atoms with Gasteiger partial charge < -0.3 is 14.6 Å². The monoisotopic (exact) mass is 251 g/mol. The van der Waals surface area contributed by atoms with Gasteiger partial charge in [-0.25, -0.2) is 0 Å². The summed E-state index contributed by atoms with van der Waals surface area (Å²) in [5.41, 5.74) is 0.707. The Labute approximate surface area is 103 Å². The number of nitro groups is 1. The molecule has 3 rings (SSSR count). The second kappa shape index (κ2) is 4.13. The molecule has 96 valence electrons. The lowest BCUT2D eigenvalue weighted by Gasteiger charge is -2.32.